The fourth-order valence-corrected chi connectivity index (χ4v) is 1.57. The van der Waals surface area contributed by atoms with Crippen LogP contribution in [-0.2, 0) is 9.53 Å². The first-order chi connectivity index (χ1) is 6.63. The minimum atomic E-state index is -0.210. The Balaban J connectivity index is 2.42. The van der Waals surface area contributed by atoms with E-state index in [4.69, 9.17) is 0 Å². The number of aromatic nitrogens is 2. The van der Waals surface area contributed by atoms with Crippen LogP contribution < -0.4 is 4.90 Å². The van der Waals surface area contributed by atoms with Crippen molar-refractivity contribution < 1.29 is 9.53 Å². The lowest BCUT2D eigenvalue weighted by Gasteiger charge is -2.13. The molecule has 0 unspecified atom stereocenters. The van der Waals surface area contributed by atoms with Crippen LogP contribution in [0.2, 0.25) is 0 Å². The fraction of sp³-hybridized carbons (Fsp3) is 0.625. The van der Waals surface area contributed by atoms with Crippen molar-refractivity contribution in [1.29, 1.82) is 0 Å². The number of hydrogen-bond acceptors (Lipinski definition) is 6. The van der Waals surface area contributed by atoms with Crippen LogP contribution in [0.25, 0.3) is 0 Å². The van der Waals surface area contributed by atoms with Crippen LogP contribution in [0.1, 0.15) is 11.4 Å². The molecule has 1 aromatic rings. The van der Waals surface area contributed by atoms with Crippen LogP contribution in [0.5, 0.6) is 0 Å². The summed E-state index contributed by atoms with van der Waals surface area (Å²) in [7, 11) is 3.26. The Hall–Kier alpha value is -1.17. The molecule has 0 fully saturated rings. The topological polar surface area (TPSA) is 55.3 Å². The van der Waals surface area contributed by atoms with Gasteiger partial charge in [-0.1, -0.05) is 11.3 Å². The van der Waals surface area contributed by atoms with E-state index >= 15 is 0 Å². The molecule has 5 nitrogen and oxygen atoms in total. The molecule has 6 heteroatoms. The van der Waals surface area contributed by atoms with Gasteiger partial charge in [-0.25, -0.2) is 0 Å². The molecule has 1 heterocycles. The van der Waals surface area contributed by atoms with Crippen molar-refractivity contribution in [2.75, 3.05) is 25.6 Å². The van der Waals surface area contributed by atoms with Gasteiger partial charge in [-0.05, 0) is 6.92 Å². The van der Waals surface area contributed by atoms with Gasteiger partial charge in [-0.15, -0.1) is 10.2 Å². The molecule has 78 valence electrons. The molecule has 1 aromatic heterocycles. The molecule has 0 saturated carbocycles. The highest BCUT2D eigenvalue weighted by atomic mass is 32.1. The van der Waals surface area contributed by atoms with Gasteiger partial charge in [0.25, 0.3) is 0 Å². The Labute approximate surface area is 86.7 Å². The van der Waals surface area contributed by atoms with Crippen LogP contribution in [0, 0.1) is 6.92 Å². The highest BCUT2D eigenvalue weighted by molar-refractivity contribution is 7.15. The van der Waals surface area contributed by atoms with Crippen LogP contribution in [0.4, 0.5) is 5.13 Å². The van der Waals surface area contributed by atoms with E-state index < -0.39 is 0 Å². The number of ether oxygens (including phenoxy) is 1. The molecule has 0 aliphatic carbocycles. The van der Waals surface area contributed by atoms with Crippen LogP contribution in [-0.4, -0.2) is 36.9 Å². The number of carbonyl (C=O) groups excluding carboxylic acids is 1. The first-order valence-corrected chi connectivity index (χ1v) is 5.03. The van der Waals surface area contributed by atoms with Gasteiger partial charge in [-0.3, -0.25) is 4.79 Å². The Bertz CT molecular complexity index is 313. The van der Waals surface area contributed by atoms with Gasteiger partial charge >= 0.3 is 5.97 Å². The van der Waals surface area contributed by atoms with Gasteiger partial charge in [0.2, 0.25) is 5.13 Å². The molecule has 0 aromatic carbocycles. The Kier molecular flexibility index (Phi) is 3.82. The van der Waals surface area contributed by atoms with E-state index in [-0.39, 0.29) is 5.97 Å². The zero-order chi connectivity index (χ0) is 10.6. The molecular weight excluding hydrogens is 202 g/mol. The molecule has 1 rings (SSSR count). The summed E-state index contributed by atoms with van der Waals surface area (Å²) in [5, 5.41) is 9.60. The first-order valence-electron chi connectivity index (χ1n) is 4.21. The summed E-state index contributed by atoms with van der Waals surface area (Å²) in [4.78, 5) is 12.8. The number of hydrogen-bond donors (Lipinski definition) is 0. The second-order valence-corrected chi connectivity index (χ2v) is 4.01. The normalized spacial score (nSPS) is 9.93. The summed E-state index contributed by atoms with van der Waals surface area (Å²) in [6.07, 6.45) is 0.367. The molecule has 0 spiro atoms. The van der Waals surface area contributed by atoms with Crippen molar-refractivity contribution in [3.63, 3.8) is 0 Å². The maximum Gasteiger partial charge on any atom is 0.307 e. The van der Waals surface area contributed by atoms with Gasteiger partial charge in [-0.2, -0.15) is 0 Å². The predicted octanol–water partition coefficient (Wildman–Crippen LogP) is 0.846. The van der Waals surface area contributed by atoms with Gasteiger partial charge in [0.1, 0.15) is 5.01 Å². The lowest BCUT2D eigenvalue weighted by molar-refractivity contribution is -0.140. The lowest BCUT2D eigenvalue weighted by Crippen LogP contribution is -2.21. The van der Waals surface area contributed by atoms with Gasteiger partial charge in [0, 0.05) is 13.6 Å². The summed E-state index contributed by atoms with van der Waals surface area (Å²) in [6.45, 7) is 2.50. The number of anilines is 1. The molecule has 14 heavy (non-hydrogen) atoms. The minimum Gasteiger partial charge on any atom is -0.469 e. The van der Waals surface area contributed by atoms with Crippen molar-refractivity contribution >= 4 is 22.4 Å². The number of carbonyl (C=O) groups is 1. The average molecular weight is 215 g/mol. The maximum absolute atomic E-state index is 10.9. The summed E-state index contributed by atoms with van der Waals surface area (Å²) in [6, 6.07) is 0. The molecule has 0 aliphatic rings. The molecule has 0 bridgehead atoms. The highest BCUT2D eigenvalue weighted by Crippen LogP contribution is 2.17. The van der Waals surface area contributed by atoms with E-state index in [0.717, 1.165) is 10.1 Å². The van der Waals surface area contributed by atoms with Crippen molar-refractivity contribution in [3.8, 4) is 0 Å². The quantitative estimate of drug-likeness (QED) is 0.697. The fourth-order valence-electron chi connectivity index (χ4n) is 0.897. The van der Waals surface area contributed by atoms with Crippen molar-refractivity contribution in [1.82, 2.24) is 10.2 Å². The maximum atomic E-state index is 10.9. The van der Waals surface area contributed by atoms with Gasteiger partial charge < -0.3 is 9.64 Å². The molecule has 0 atom stereocenters. The molecule has 0 amide bonds. The monoisotopic (exact) mass is 215 g/mol. The van der Waals surface area contributed by atoms with Crippen LogP contribution >= 0.6 is 11.3 Å². The van der Waals surface area contributed by atoms with Crippen LogP contribution in [0.15, 0.2) is 0 Å². The average Bonchev–Trinajstić information content (AvgIpc) is 2.60. The zero-order valence-electron chi connectivity index (χ0n) is 8.48. The van der Waals surface area contributed by atoms with Crippen molar-refractivity contribution in [3.05, 3.63) is 5.01 Å². The van der Waals surface area contributed by atoms with E-state index in [2.05, 4.69) is 14.9 Å². The lowest BCUT2D eigenvalue weighted by atomic mass is 10.4. The third-order valence-corrected chi connectivity index (χ3v) is 2.67. The predicted molar refractivity (Wildman–Crippen MR) is 54.5 cm³/mol. The summed E-state index contributed by atoms with van der Waals surface area (Å²) in [5.41, 5.74) is 0. The number of aryl methyl sites for hydroxylation is 1. The van der Waals surface area contributed by atoms with Crippen molar-refractivity contribution in [2.24, 2.45) is 0 Å². The second kappa shape index (κ2) is 4.90. The highest BCUT2D eigenvalue weighted by Gasteiger charge is 2.08. The molecule has 0 N–H and O–H groups in total. The zero-order valence-corrected chi connectivity index (χ0v) is 9.30. The third-order valence-electron chi connectivity index (χ3n) is 1.72. The second-order valence-electron chi connectivity index (χ2n) is 2.85. The molecular formula is C8H13N3O2S. The summed E-state index contributed by atoms with van der Waals surface area (Å²) in [5.74, 6) is -0.210. The molecule has 0 radical (unpaired) electrons. The minimum absolute atomic E-state index is 0.210. The Morgan fingerprint density at radius 1 is 1.57 bits per heavy atom. The third kappa shape index (κ3) is 2.95. The SMILES string of the molecule is COC(=O)CCN(C)c1nnc(C)s1. The van der Waals surface area contributed by atoms with E-state index in [1.54, 1.807) is 0 Å². The van der Waals surface area contributed by atoms with E-state index in [9.17, 15) is 4.79 Å². The number of rotatable bonds is 4. The number of nitrogens with zero attached hydrogens (tertiary/aromatic N) is 3. The van der Waals surface area contributed by atoms with E-state index in [1.165, 1.54) is 18.4 Å². The van der Waals surface area contributed by atoms with E-state index in [1.807, 2.05) is 18.9 Å². The standard InChI is InChI=1S/C8H13N3O2S/c1-6-9-10-8(14-6)11(2)5-4-7(12)13-3/h4-5H2,1-3H3. The van der Waals surface area contributed by atoms with Crippen molar-refractivity contribution in [2.45, 2.75) is 13.3 Å². The Morgan fingerprint density at radius 3 is 2.79 bits per heavy atom. The van der Waals surface area contributed by atoms with Crippen LogP contribution in [0.3, 0.4) is 0 Å². The number of methoxy groups -OCH3 is 1. The largest absolute Gasteiger partial charge is 0.469 e. The first kappa shape index (κ1) is 10.9. The Morgan fingerprint density at radius 2 is 2.29 bits per heavy atom. The number of esters is 1. The van der Waals surface area contributed by atoms with Gasteiger partial charge in [0.15, 0.2) is 0 Å². The molecule has 0 saturated heterocycles. The summed E-state index contributed by atoms with van der Waals surface area (Å²) < 4.78 is 4.54. The smallest absolute Gasteiger partial charge is 0.307 e. The molecule has 0 aliphatic heterocycles. The summed E-state index contributed by atoms with van der Waals surface area (Å²) >= 11 is 1.51. The van der Waals surface area contributed by atoms with E-state index in [0.29, 0.717) is 13.0 Å². The van der Waals surface area contributed by atoms with Gasteiger partial charge in [0.05, 0.1) is 13.5 Å².